The molecule has 0 radical (unpaired) electrons. The summed E-state index contributed by atoms with van der Waals surface area (Å²) in [5.74, 6) is -0.962. The molecule has 1 fully saturated rings. The van der Waals surface area contributed by atoms with Gasteiger partial charge in [-0.05, 0) is 40.1 Å². The topological polar surface area (TPSA) is 96.5 Å². The first kappa shape index (κ1) is 21.4. The molecule has 1 atom stereocenters. The number of cyclic esters (lactones) is 1. The van der Waals surface area contributed by atoms with Gasteiger partial charge in [-0.1, -0.05) is 11.6 Å². The van der Waals surface area contributed by atoms with E-state index in [4.69, 9.17) is 21.1 Å². The third kappa shape index (κ3) is 4.05. The van der Waals surface area contributed by atoms with E-state index in [0.717, 1.165) is 16.3 Å². The number of hydrogen-bond acceptors (Lipinski definition) is 6. The van der Waals surface area contributed by atoms with Crippen LogP contribution in [-0.4, -0.2) is 59.6 Å². The van der Waals surface area contributed by atoms with Crippen molar-refractivity contribution in [2.75, 3.05) is 32.6 Å². The number of rotatable bonds is 6. The summed E-state index contributed by atoms with van der Waals surface area (Å²) in [5.41, 5.74) is 1.05. The van der Waals surface area contributed by atoms with Gasteiger partial charge in [-0.15, -0.1) is 0 Å². The van der Waals surface area contributed by atoms with Crippen LogP contribution < -0.4 is 10.1 Å². The molecule has 3 heterocycles. The molecule has 1 saturated heterocycles. The molecule has 1 amide bonds. The molecule has 3 aromatic rings. The van der Waals surface area contributed by atoms with E-state index in [2.05, 4.69) is 15.3 Å². The SMILES string of the molecule is CN(C)CCOc1c(Cl)cc2c([nH]c3cnccc32)c1NC(=O)C1CC(=O)OC1(C)C. The Bertz CT molecular complexity index is 1170. The summed E-state index contributed by atoms with van der Waals surface area (Å²) in [6.45, 7) is 4.54. The molecule has 31 heavy (non-hydrogen) atoms. The van der Waals surface area contributed by atoms with E-state index in [1.165, 1.54) is 0 Å². The molecule has 0 bridgehead atoms. The molecule has 1 aliphatic rings. The number of likely N-dealkylation sites (N-methyl/N-ethyl adjacent to an activating group) is 1. The molecule has 2 N–H and O–H groups in total. The van der Waals surface area contributed by atoms with Crippen LogP contribution in [0, 0.1) is 5.92 Å². The van der Waals surface area contributed by atoms with Crippen LogP contribution in [0.5, 0.6) is 5.75 Å². The molecule has 164 valence electrons. The lowest BCUT2D eigenvalue weighted by Crippen LogP contribution is -2.36. The highest BCUT2D eigenvalue weighted by Gasteiger charge is 2.46. The van der Waals surface area contributed by atoms with Crippen molar-refractivity contribution in [2.24, 2.45) is 5.92 Å². The first-order chi connectivity index (χ1) is 14.7. The molecule has 2 aromatic heterocycles. The van der Waals surface area contributed by atoms with Crippen molar-refractivity contribution in [3.8, 4) is 5.75 Å². The van der Waals surface area contributed by atoms with Crippen LogP contribution in [0.15, 0.2) is 24.5 Å². The van der Waals surface area contributed by atoms with Gasteiger partial charge in [-0.25, -0.2) is 0 Å². The summed E-state index contributed by atoms with van der Waals surface area (Å²) in [5, 5.41) is 5.13. The number of halogens is 1. The normalized spacial score (nSPS) is 18.0. The zero-order chi connectivity index (χ0) is 22.3. The summed E-state index contributed by atoms with van der Waals surface area (Å²) in [6.07, 6.45) is 3.44. The molecular weight excluding hydrogens is 420 g/mol. The van der Waals surface area contributed by atoms with Crippen molar-refractivity contribution in [1.29, 1.82) is 0 Å². The maximum absolute atomic E-state index is 13.2. The summed E-state index contributed by atoms with van der Waals surface area (Å²) in [6, 6.07) is 3.71. The Morgan fingerprint density at radius 1 is 1.42 bits per heavy atom. The van der Waals surface area contributed by atoms with Crippen LogP contribution in [0.4, 0.5) is 5.69 Å². The van der Waals surface area contributed by atoms with E-state index in [0.29, 0.717) is 35.1 Å². The van der Waals surface area contributed by atoms with Gasteiger partial charge in [-0.2, -0.15) is 0 Å². The Balaban J connectivity index is 1.79. The maximum atomic E-state index is 13.2. The zero-order valence-corrected chi connectivity index (χ0v) is 18.7. The molecule has 0 saturated carbocycles. The van der Waals surface area contributed by atoms with Gasteiger partial charge in [0.15, 0.2) is 5.75 Å². The van der Waals surface area contributed by atoms with Gasteiger partial charge in [-0.3, -0.25) is 14.6 Å². The molecule has 1 unspecified atom stereocenters. The van der Waals surface area contributed by atoms with Gasteiger partial charge in [0.25, 0.3) is 0 Å². The second-order valence-electron chi connectivity index (χ2n) is 8.51. The Kier molecular flexibility index (Phi) is 5.53. The second kappa shape index (κ2) is 8.01. The smallest absolute Gasteiger partial charge is 0.307 e. The van der Waals surface area contributed by atoms with Crippen LogP contribution in [0.1, 0.15) is 20.3 Å². The van der Waals surface area contributed by atoms with Crippen LogP contribution in [0.2, 0.25) is 5.02 Å². The third-order valence-electron chi connectivity index (χ3n) is 5.54. The average molecular weight is 445 g/mol. The highest BCUT2D eigenvalue weighted by atomic mass is 35.5. The third-order valence-corrected chi connectivity index (χ3v) is 5.82. The monoisotopic (exact) mass is 444 g/mol. The first-order valence-corrected chi connectivity index (χ1v) is 10.4. The summed E-state index contributed by atoms with van der Waals surface area (Å²) < 4.78 is 11.3. The lowest BCUT2D eigenvalue weighted by atomic mass is 9.90. The minimum Gasteiger partial charge on any atom is -0.488 e. The van der Waals surface area contributed by atoms with E-state index in [-0.39, 0.29) is 18.3 Å². The van der Waals surface area contributed by atoms with Crippen molar-refractivity contribution in [2.45, 2.75) is 25.9 Å². The zero-order valence-electron chi connectivity index (χ0n) is 17.9. The minimum absolute atomic E-state index is 0.0238. The molecule has 4 rings (SSSR count). The number of H-pyrrole nitrogens is 1. The number of aromatic nitrogens is 2. The fraction of sp³-hybridized carbons (Fsp3) is 0.409. The van der Waals surface area contributed by atoms with E-state index >= 15 is 0 Å². The molecule has 1 aliphatic heterocycles. The van der Waals surface area contributed by atoms with Crippen LogP contribution in [0.25, 0.3) is 21.8 Å². The number of amides is 1. The van der Waals surface area contributed by atoms with E-state index in [1.54, 1.807) is 26.2 Å². The lowest BCUT2D eigenvalue weighted by Gasteiger charge is -2.24. The van der Waals surface area contributed by atoms with Crippen molar-refractivity contribution >= 4 is 51.0 Å². The predicted octanol–water partition coefficient (Wildman–Crippen LogP) is 3.59. The second-order valence-corrected chi connectivity index (χ2v) is 8.91. The summed E-state index contributed by atoms with van der Waals surface area (Å²) >= 11 is 6.61. The minimum atomic E-state index is -0.894. The van der Waals surface area contributed by atoms with Gasteiger partial charge in [0.05, 0.1) is 34.6 Å². The fourth-order valence-electron chi connectivity index (χ4n) is 3.87. The number of nitrogens with zero attached hydrogens (tertiary/aromatic N) is 2. The Morgan fingerprint density at radius 3 is 2.87 bits per heavy atom. The molecule has 9 heteroatoms. The number of anilines is 1. The highest BCUT2D eigenvalue weighted by Crippen LogP contribution is 2.43. The average Bonchev–Trinajstić information content (AvgIpc) is 3.19. The molecule has 0 aliphatic carbocycles. The fourth-order valence-corrected chi connectivity index (χ4v) is 4.12. The number of fused-ring (bicyclic) bond motifs is 3. The lowest BCUT2D eigenvalue weighted by molar-refractivity contribution is -0.147. The molecule has 1 aromatic carbocycles. The quantitative estimate of drug-likeness (QED) is 0.564. The number of carbonyl (C=O) groups excluding carboxylic acids is 2. The van der Waals surface area contributed by atoms with E-state index in [9.17, 15) is 9.59 Å². The molecule has 8 nitrogen and oxygen atoms in total. The van der Waals surface area contributed by atoms with E-state index in [1.807, 2.05) is 31.1 Å². The standard InChI is InChI=1S/C22H25ClN4O4/c1-22(2)14(10-17(28)31-22)21(29)26-19-18-13(12-5-6-24-11-16(12)25-18)9-15(23)20(19)30-8-7-27(3)4/h5-6,9,11,14,25H,7-8,10H2,1-4H3,(H,26,29). The number of nitrogens with one attached hydrogen (secondary N) is 2. The Labute approximate surface area is 184 Å². The Morgan fingerprint density at radius 2 is 2.19 bits per heavy atom. The summed E-state index contributed by atoms with van der Waals surface area (Å²) in [7, 11) is 3.89. The van der Waals surface area contributed by atoms with Gasteiger partial charge in [0.2, 0.25) is 5.91 Å². The van der Waals surface area contributed by atoms with Gasteiger partial charge in [0.1, 0.15) is 17.9 Å². The number of esters is 1. The van der Waals surface area contributed by atoms with Gasteiger partial charge >= 0.3 is 5.97 Å². The van der Waals surface area contributed by atoms with Gasteiger partial charge < -0.3 is 24.7 Å². The van der Waals surface area contributed by atoms with Crippen LogP contribution >= 0.6 is 11.6 Å². The largest absolute Gasteiger partial charge is 0.488 e. The van der Waals surface area contributed by atoms with Crippen molar-refractivity contribution in [3.63, 3.8) is 0 Å². The van der Waals surface area contributed by atoms with Crippen LogP contribution in [-0.2, 0) is 14.3 Å². The maximum Gasteiger partial charge on any atom is 0.307 e. The number of ether oxygens (including phenoxy) is 2. The number of hydrogen-bond donors (Lipinski definition) is 2. The Hall–Kier alpha value is -2.84. The van der Waals surface area contributed by atoms with Crippen LogP contribution in [0.3, 0.4) is 0 Å². The van der Waals surface area contributed by atoms with Crippen molar-refractivity contribution < 1.29 is 19.1 Å². The van der Waals surface area contributed by atoms with Crippen molar-refractivity contribution in [3.05, 3.63) is 29.5 Å². The van der Waals surface area contributed by atoms with Gasteiger partial charge in [0, 0.05) is 23.5 Å². The van der Waals surface area contributed by atoms with Crippen molar-refractivity contribution in [1.82, 2.24) is 14.9 Å². The number of benzene rings is 1. The highest BCUT2D eigenvalue weighted by molar-refractivity contribution is 6.35. The number of aromatic amines is 1. The number of carbonyl (C=O) groups is 2. The molecule has 0 spiro atoms. The van der Waals surface area contributed by atoms with E-state index < -0.39 is 11.5 Å². The predicted molar refractivity (Wildman–Crippen MR) is 120 cm³/mol. The summed E-state index contributed by atoms with van der Waals surface area (Å²) in [4.78, 5) is 34.5. The number of pyridine rings is 1. The first-order valence-electron chi connectivity index (χ1n) is 10.1. The molecular formula is C22H25ClN4O4.